The average Bonchev–Trinajstić information content (AvgIpc) is 3.60. The van der Waals surface area contributed by atoms with E-state index in [2.05, 4.69) is 171 Å². The Hall–Kier alpha value is -4.50. The molecule has 0 aliphatic carbocycles. The molecule has 0 spiro atoms. The van der Waals surface area contributed by atoms with Gasteiger partial charge in [-0.3, -0.25) is 4.68 Å². The van der Waals surface area contributed by atoms with Crippen LogP contribution in [0, 0.1) is 45.7 Å². The van der Waals surface area contributed by atoms with Crippen LogP contribution in [0.1, 0.15) is 101 Å². The van der Waals surface area contributed by atoms with E-state index in [1.54, 1.807) is 0 Å². The van der Waals surface area contributed by atoms with Gasteiger partial charge < -0.3 is 9.30 Å². The van der Waals surface area contributed by atoms with Gasteiger partial charge in [0.1, 0.15) is 5.82 Å². The van der Waals surface area contributed by atoms with Crippen molar-refractivity contribution in [3.05, 3.63) is 130 Å². The van der Waals surface area contributed by atoms with Gasteiger partial charge in [0.2, 0.25) is 0 Å². The maximum Gasteiger partial charge on any atom is 2.00 e. The molecule has 286 valence electrons. The first-order valence-corrected chi connectivity index (χ1v) is 19.3. The van der Waals surface area contributed by atoms with Crippen molar-refractivity contribution in [3.63, 3.8) is 0 Å². The third-order valence-corrected chi connectivity index (χ3v) is 10.6. The van der Waals surface area contributed by atoms with E-state index >= 15 is 0 Å². The molecule has 0 aliphatic rings. The van der Waals surface area contributed by atoms with Crippen molar-refractivity contribution in [2.45, 2.75) is 107 Å². The first-order valence-electron chi connectivity index (χ1n) is 19.3. The maximum atomic E-state index is 6.77. The van der Waals surface area contributed by atoms with E-state index in [9.17, 15) is 0 Å². The number of benzene rings is 4. The normalized spacial score (nSPS) is 12.2. The number of fused-ring (bicyclic) bond motifs is 3. The van der Waals surface area contributed by atoms with Crippen LogP contribution in [0.5, 0.6) is 11.5 Å². The molecule has 3 aromatic heterocycles. The van der Waals surface area contributed by atoms with Crippen molar-refractivity contribution in [1.29, 1.82) is 0 Å². The minimum atomic E-state index is -0.140. The predicted octanol–water partition coefficient (Wildman–Crippen LogP) is 12.8. The van der Waals surface area contributed by atoms with Gasteiger partial charge >= 0.3 is 20.4 Å². The van der Waals surface area contributed by atoms with E-state index in [0.717, 1.165) is 57.4 Å². The Balaban J connectivity index is 0.00000514. The van der Waals surface area contributed by atoms with Gasteiger partial charge in [0.15, 0.2) is 0 Å². The zero-order valence-corrected chi connectivity index (χ0v) is 36.1. The summed E-state index contributed by atoms with van der Waals surface area (Å²) >= 11 is 0. The second kappa shape index (κ2) is 15.2. The summed E-state index contributed by atoms with van der Waals surface area (Å²) in [5.74, 6) is 2.67. The third-order valence-electron chi connectivity index (χ3n) is 10.6. The van der Waals surface area contributed by atoms with Crippen molar-refractivity contribution in [3.8, 4) is 34.1 Å². The van der Waals surface area contributed by atoms with Crippen molar-refractivity contribution in [1.82, 2.24) is 19.3 Å². The van der Waals surface area contributed by atoms with Crippen molar-refractivity contribution in [2.24, 2.45) is 5.92 Å². The van der Waals surface area contributed by atoms with Gasteiger partial charge in [-0.05, 0) is 109 Å². The predicted molar refractivity (Wildman–Crippen MR) is 225 cm³/mol. The van der Waals surface area contributed by atoms with Gasteiger partial charge in [-0.1, -0.05) is 96.8 Å². The molecule has 5 nitrogen and oxygen atoms in total. The van der Waals surface area contributed by atoms with Crippen LogP contribution in [0.3, 0.4) is 0 Å². The molecule has 0 unspecified atom stereocenters. The van der Waals surface area contributed by atoms with E-state index in [4.69, 9.17) is 14.8 Å². The molecule has 0 amide bonds. The summed E-state index contributed by atoms with van der Waals surface area (Å²) in [5, 5.41) is 7.51. The molecule has 0 atom stereocenters. The van der Waals surface area contributed by atoms with Crippen molar-refractivity contribution >= 4 is 21.8 Å². The molecule has 7 aromatic rings. The fourth-order valence-electron chi connectivity index (χ4n) is 7.76. The number of ether oxygens (including phenoxy) is 1. The molecule has 0 fully saturated rings. The molecule has 7 rings (SSSR count). The van der Waals surface area contributed by atoms with E-state index in [-0.39, 0.29) is 31.3 Å². The molecule has 6 heteroatoms. The molecule has 4 aromatic carbocycles. The molecule has 3 heterocycles. The molecule has 55 heavy (non-hydrogen) atoms. The number of nitrogens with zero attached hydrogens (tertiary/aromatic N) is 4. The molecule has 0 radical (unpaired) electrons. The fraction of sp³-hybridized carbons (Fsp3) is 0.347. The Bertz CT molecular complexity index is 2500. The largest absolute Gasteiger partial charge is 2.00 e. The van der Waals surface area contributed by atoms with Gasteiger partial charge in [-0.15, -0.1) is 41.3 Å². The van der Waals surface area contributed by atoms with Crippen molar-refractivity contribution in [2.75, 3.05) is 0 Å². The Labute approximate surface area is 341 Å². The quantitative estimate of drug-likeness (QED) is 0.113. The van der Waals surface area contributed by atoms with Gasteiger partial charge in [0, 0.05) is 34.5 Å². The fourth-order valence-corrected chi connectivity index (χ4v) is 7.76. The molecular formula is C49H54N4OPd. The number of rotatable bonds is 8. The summed E-state index contributed by atoms with van der Waals surface area (Å²) in [6.07, 6.45) is 3.87. The summed E-state index contributed by atoms with van der Waals surface area (Å²) in [4.78, 5) is 4.86. The molecule has 0 saturated carbocycles. The summed E-state index contributed by atoms with van der Waals surface area (Å²) in [7, 11) is 0. The third kappa shape index (κ3) is 7.95. The van der Waals surface area contributed by atoms with Gasteiger partial charge in [0.05, 0.1) is 5.69 Å². The molecule has 0 N–H and O–H groups in total. The number of aryl methyl sites for hydroxylation is 4. The van der Waals surface area contributed by atoms with Crippen LogP contribution in [0.25, 0.3) is 44.4 Å². The van der Waals surface area contributed by atoms with Crippen LogP contribution in [-0.2, 0) is 37.7 Å². The van der Waals surface area contributed by atoms with Crippen LogP contribution in [0.4, 0.5) is 0 Å². The smallest absolute Gasteiger partial charge is 0.509 e. The number of hydrogen-bond acceptors (Lipinski definition) is 3. The van der Waals surface area contributed by atoms with E-state index in [1.807, 2.05) is 12.3 Å². The van der Waals surface area contributed by atoms with Crippen molar-refractivity contribution < 1.29 is 25.2 Å². The first-order chi connectivity index (χ1) is 25.5. The maximum absolute atomic E-state index is 6.77. The number of pyridine rings is 1. The van der Waals surface area contributed by atoms with Crippen LogP contribution >= 0.6 is 0 Å². The standard InChI is InChI=1S/C49H54N4O.Pd/c1-30(2)17-20-43-47(46-32(4)23-31(3)24-33(46)5)34(6)51-53(43)37-25-36(49(10,11)12)26-39(28-37)54-38-18-19-41-40-15-13-14-16-42(40)52(44(41)29-38)45-27-35(21-22-50-45)48(7,8)9;/h13-16,18-19,21-27,30H,17,20H2,1-12H3;/q-2;+2. The zero-order chi connectivity index (χ0) is 38.7. The molecule has 0 saturated heterocycles. The Kier molecular flexibility index (Phi) is 11.1. The summed E-state index contributed by atoms with van der Waals surface area (Å²) in [6.45, 7) is 26.8. The summed E-state index contributed by atoms with van der Waals surface area (Å²) in [6, 6.07) is 33.2. The van der Waals surface area contributed by atoms with Gasteiger partial charge in [-0.25, -0.2) is 4.98 Å². The second-order valence-corrected chi connectivity index (χ2v) is 17.6. The molecule has 0 bridgehead atoms. The van der Waals surface area contributed by atoms with Crippen LogP contribution in [0.2, 0.25) is 0 Å². The Morgan fingerprint density at radius 2 is 1.42 bits per heavy atom. The van der Waals surface area contributed by atoms with E-state index < -0.39 is 0 Å². The first kappa shape index (κ1) is 40.2. The Morgan fingerprint density at radius 3 is 2.09 bits per heavy atom. The van der Waals surface area contributed by atoms with E-state index in [1.165, 1.54) is 39.1 Å². The van der Waals surface area contributed by atoms with Gasteiger partial charge in [0.25, 0.3) is 0 Å². The van der Waals surface area contributed by atoms with Crippen LogP contribution in [0.15, 0.2) is 79.0 Å². The number of para-hydroxylation sites is 1. The minimum absolute atomic E-state index is 0. The van der Waals surface area contributed by atoms with E-state index in [0.29, 0.717) is 17.4 Å². The summed E-state index contributed by atoms with van der Waals surface area (Å²) in [5.41, 5.74) is 13.7. The van der Waals surface area contributed by atoms with Crippen LogP contribution in [-0.4, -0.2) is 19.3 Å². The number of hydrogen-bond donors (Lipinski definition) is 0. The molecule has 0 aliphatic heterocycles. The van der Waals surface area contributed by atoms with Gasteiger partial charge in [-0.2, -0.15) is 11.2 Å². The monoisotopic (exact) mass is 820 g/mol. The Morgan fingerprint density at radius 1 is 0.727 bits per heavy atom. The average molecular weight is 821 g/mol. The number of aromatic nitrogens is 4. The summed E-state index contributed by atoms with van der Waals surface area (Å²) < 4.78 is 11.1. The molecular weight excluding hydrogens is 767 g/mol. The second-order valence-electron chi connectivity index (χ2n) is 17.6. The zero-order valence-electron chi connectivity index (χ0n) is 34.5. The topological polar surface area (TPSA) is 44.9 Å². The minimum Gasteiger partial charge on any atom is -0.509 e. The van der Waals surface area contributed by atoms with Crippen LogP contribution < -0.4 is 4.74 Å². The SMILES string of the molecule is Cc1cc(C)c(-c2c(C)nn(-c3[c-]c(Oc4[c-]c5c(cc4)c4ccccc4n5-c4cc(C(C)(C)C)ccn4)cc(C(C)(C)C)c3)c2CCC(C)C)c(C)c1.[Pd+2].